The van der Waals surface area contributed by atoms with Crippen molar-refractivity contribution in [3.63, 3.8) is 0 Å². The predicted molar refractivity (Wildman–Crippen MR) is 52.2 cm³/mol. The van der Waals surface area contributed by atoms with E-state index in [1.54, 1.807) is 0 Å². The molecule has 74 valence electrons. The zero-order valence-corrected chi connectivity index (χ0v) is 7.89. The quantitative estimate of drug-likeness (QED) is 0.400. The van der Waals surface area contributed by atoms with Gasteiger partial charge in [-0.25, -0.2) is 0 Å². The molecule has 1 saturated heterocycles. The molecule has 0 aromatic heterocycles. The molecule has 0 saturated carbocycles. The molecule has 2 N–H and O–H groups in total. The number of hydrogen-bond acceptors (Lipinski definition) is 3. The summed E-state index contributed by atoms with van der Waals surface area (Å²) in [6, 6.07) is 0. The van der Waals surface area contributed by atoms with Crippen molar-refractivity contribution >= 4 is 0 Å². The van der Waals surface area contributed by atoms with Gasteiger partial charge in [0.05, 0.1) is 0 Å². The molecule has 5 heteroatoms. The average Bonchev–Trinajstić information content (AvgIpc) is 2.16. The third-order valence-electron chi connectivity index (χ3n) is 2.45. The molecule has 0 spiro atoms. The van der Waals surface area contributed by atoms with Crippen molar-refractivity contribution in [1.82, 2.24) is 4.90 Å². The molecule has 0 aromatic rings. The van der Waals surface area contributed by atoms with Gasteiger partial charge in [-0.2, -0.15) is 0 Å². The molecule has 0 aromatic carbocycles. The molecule has 0 radical (unpaired) electrons. The summed E-state index contributed by atoms with van der Waals surface area (Å²) in [4.78, 5) is 5.13. The number of azide groups is 1. The Morgan fingerprint density at radius 1 is 1.62 bits per heavy atom. The Morgan fingerprint density at radius 3 is 3.15 bits per heavy atom. The number of nitrogens with zero attached hydrogens (tertiary/aromatic N) is 4. The summed E-state index contributed by atoms with van der Waals surface area (Å²) >= 11 is 0. The van der Waals surface area contributed by atoms with Crippen LogP contribution in [0.1, 0.15) is 12.8 Å². The van der Waals surface area contributed by atoms with Gasteiger partial charge in [-0.05, 0) is 30.8 Å². The Labute approximate surface area is 78.5 Å². The van der Waals surface area contributed by atoms with Crippen molar-refractivity contribution in [2.45, 2.75) is 12.8 Å². The molecular formula is C8H17N5. The Morgan fingerprint density at radius 2 is 2.46 bits per heavy atom. The molecule has 1 atom stereocenters. The summed E-state index contributed by atoms with van der Waals surface area (Å²) in [6.07, 6.45) is 2.38. The van der Waals surface area contributed by atoms with Crippen molar-refractivity contribution in [2.24, 2.45) is 16.8 Å². The summed E-state index contributed by atoms with van der Waals surface area (Å²) in [5, 5.41) is 3.61. The minimum absolute atomic E-state index is 0.538. The minimum atomic E-state index is 0.538. The SMILES string of the molecule is [N-]=[N+]=NC[C@H]1CCCN(CCN)C1. The summed E-state index contributed by atoms with van der Waals surface area (Å²) in [5.41, 5.74) is 13.7. The monoisotopic (exact) mass is 183 g/mol. The second-order valence-electron chi connectivity index (χ2n) is 3.51. The van der Waals surface area contributed by atoms with E-state index in [1.807, 2.05) is 0 Å². The predicted octanol–water partition coefficient (Wildman–Crippen LogP) is 0.967. The van der Waals surface area contributed by atoms with Gasteiger partial charge in [0.1, 0.15) is 0 Å². The Hall–Kier alpha value is -0.770. The molecular weight excluding hydrogens is 166 g/mol. The lowest BCUT2D eigenvalue weighted by atomic mass is 9.98. The Balaban J connectivity index is 2.28. The van der Waals surface area contributed by atoms with E-state index >= 15 is 0 Å². The highest BCUT2D eigenvalue weighted by Crippen LogP contribution is 2.16. The Kier molecular flexibility index (Phi) is 4.60. The van der Waals surface area contributed by atoms with Crippen LogP contribution in [0.3, 0.4) is 0 Å². The van der Waals surface area contributed by atoms with Gasteiger partial charge in [0.15, 0.2) is 0 Å². The van der Waals surface area contributed by atoms with Crippen molar-refractivity contribution in [1.29, 1.82) is 0 Å². The van der Waals surface area contributed by atoms with Gasteiger partial charge in [-0.3, -0.25) is 0 Å². The fraction of sp³-hybridized carbons (Fsp3) is 1.00. The fourth-order valence-corrected chi connectivity index (χ4v) is 1.84. The first-order valence-corrected chi connectivity index (χ1v) is 4.80. The summed E-state index contributed by atoms with van der Waals surface area (Å²) in [6.45, 7) is 4.50. The van der Waals surface area contributed by atoms with E-state index in [0.29, 0.717) is 19.0 Å². The maximum absolute atomic E-state index is 8.19. The highest BCUT2D eigenvalue weighted by atomic mass is 15.2. The molecule has 0 unspecified atom stereocenters. The lowest BCUT2D eigenvalue weighted by molar-refractivity contribution is 0.183. The van der Waals surface area contributed by atoms with Crippen LogP contribution in [0.4, 0.5) is 0 Å². The average molecular weight is 183 g/mol. The van der Waals surface area contributed by atoms with E-state index in [1.165, 1.54) is 12.8 Å². The molecule has 1 heterocycles. The van der Waals surface area contributed by atoms with Crippen molar-refractivity contribution in [2.75, 3.05) is 32.7 Å². The van der Waals surface area contributed by atoms with Gasteiger partial charge in [0, 0.05) is 31.1 Å². The first-order chi connectivity index (χ1) is 6.36. The molecule has 1 rings (SSSR count). The summed E-state index contributed by atoms with van der Waals surface area (Å²) in [7, 11) is 0. The second-order valence-corrected chi connectivity index (χ2v) is 3.51. The van der Waals surface area contributed by atoms with Gasteiger partial charge >= 0.3 is 0 Å². The third-order valence-corrected chi connectivity index (χ3v) is 2.45. The molecule has 0 aliphatic carbocycles. The molecule has 1 fully saturated rings. The van der Waals surface area contributed by atoms with E-state index in [9.17, 15) is 0 Å². The van der Waals surface area contributed by atoms with Gasteiger partial charge in [-0.15, -0.1) is 0 Å². The van der Waals surface area contributed by atoms with Crippen LogP contribution < -0.4 is 5.73 Å². The first-order valence-electron chi connectivity index (χ1n) is 4.80. The van der Waals surface area contributed by atoms with Crippen LogP contribution in [0, 0.1) is 5.92 Å². The smallest absolute Gasteiger partial charge is 0.0298 e. The van der Waals surface area contributed by atoms with E-state index < -0.39 is 0 Å². The molecule has 13 heavy (non-hydrogen) atoms. The van der Waals surface area contributed by atoms with Crippen LogP contribution in [-0.4, -0.2) is 37.6 Å². The lowest BCUT2D eigenvalue weighted by Crippen LogP contribution is -2.39. The van der Waals surface area contributed by atoms with Gasteiger partial charge in [-0.1, -0.05) is 5.11 Å². The zero-order valence-electron chi connectivity index (χ0n) is 7.89. The van der Waals surface area contributed by atoms with Crippen LogP contribution in [0.2, 0.25) is 0 Å². The number of likely N-dealkylation sites (tertiary alicyclic amines) is 1. The molecule has 1 aliphatic rings. The Bertz CT molecular complexity index is 185. The number of hydrogen-bond donors (Lipinski definition) is 1. The molecule has 5 nitrogen and oxygen atoms in total. The maximum atomic E-state index is 8.19. The normalized spacial score (nSPS) is 23.9. The molecule has 0 amide bonds. The van der Waals surface area contributed by atoms with Gasteiger partial charge in [0.2, 0.25) is 0 Å². The van der Waals surface area contributed by atoms with Crippen LogP contribution in [0.5, 0.6) is 0 Å². The number of piperidine rings is 1. The second kappa shape index (κ2) is 5.80. The fourth-order valence-electron chi connectivity index (χ4n) is 1.84. The number of nitrogens with two attached hydrogens (primary N) is 1. The highest BCUT2D eigenvalue weighted by molar-refractivity contribution is 4.74. The van der Waals surface area contributed by atoms with E-state index in [4.69, 9.17) is 11.3 Å². The van der Waals surface area contributed by atoms with Crippen LogP contribution in [0.25, 0.3) is 10.4 Å². The minimum Gasteiger partial charge on any atom is -0.329 e. The van der Waals surface area contributed by atoms with Crippen LogP contribution in [0.15, 0.2) is 5.11 Å². The standard InChI is InChI=1S/C8H17N5/c9-3-5-13-4-1-2-8(7-13)6-11-12-10/h8H,1-7,9H2/t8-/m1/s1. The maximum Gasteiger partial charge on any atom is 0.0298 e. The topological polar surface area (TPSA) is 78.0 Å². The first kappa shape index (κ1) is 10.3. The van der Waals surface area contributed by atoms with Crippen molar-refractivity contribution in [3.05, 3.63) is 10.4 Å². The largest absolute Gasteiger partial charge is 0.329 e. The third kappa shape index (κ3) is 3.63. The van der Waals surface area contributed by atoms with E-state index in [2.05, 4.69) is 14.9 Å². The van der Waals surface area contributed by atoms with Crippen LogP contribution in [-0.2, 0) is 0 Å². The van der Waals surface area contributed by atoms with E-state index in [0.717, 1.165) is 19.6 Å². The van der Waals surface area contributed by atoms with Gasteiger partial charge in [0.25, 0.3) is 0 Å². The number of rotatable bonds is 4. The highest BCUT2D eigenvalue weighted by Gasteiger charge is 2.17. The van der Waals surface area contributed by atoms with Crippen molar-refractivity contribution < 1.29 is 0 Å². The molecule has 1 aliphatic heterocycles. The van der Waals surface area contributed by atoms with E-state index in [-0.39, 0.29) is 0 Å². The van der Waals surface area contributed by atoms with Crippen molar-refractivity contribution in [3.8, 4) is 0 Å². The lowest BCUT2D eigenvalue weighted by Gasteiger charge is -2.31. The van der Waals surface area contributed by atoms with Crippen LogP contribution >= 0.6 is 0 Å². The molecule has 0 bridgehead atoms. The zero-order chi connectivity index (χ0) is 9.52. The van der Waals surface area contributed by atoms with Gasteiger partial charge < -0.3 is 10.6 Å². The summed E-state index contributed by atoms with van der Waals surface area (Å²) in [5.74, 6) is 0.538. The summed E-state index contributed by atoms with van der Waals surface area (Å²) < 4.78 is 0.